The first-order chi connectivity index (χ1) is 9.65. The van der Waals surface area contributed by atoms with Crippen LogP contribution in [-0.2, 0) is 4.79 Å². The van der Waals surface area contributed by atoms with Gasteiger partial charge in [0.05, 0.1) is 5.75 Å². The number of thioether (sulfide) groups is 1. The minimum absolute atomic E-state index is 0.430. The molecule has 0 radical (unpaired) electrons. The van der Waals surface area contributed by atoms with Crippen LogP contribution in [0, 0.1) is 12.3 Å². The average molecular weight is 292 g/mol. The fourth-order valence-electron chi connectivity index (χ4n) is 1.48. The molecular formula is C14H16N2O3S. The predicted molar refractivity (Wildman–Crippen MR) is 79.5 cm³/mol. The summed E-state index contributed by atoms with van der Waals surface area (Å²) in [6, 6.07) is 6.97. The molecular weight excluding hydrogens is 276 g/mol. The molecule has 0 saturated heterocycles. The van der Waals surface area contributed by atoms with Crippen molar-refractivity contribution in [2.45, 2.75) is 6.04 Å². The van der Waals surface area contributed by atoms with Crippen LogP contribution in [-0.4, -0.2) is 35.2 Å². The fourth-order valence-corrected chi connectivity index (χ4v) is 1.99. The number of rotatable bonds is 7. The van der Waals surface area contributed by atoms with Crippen molar-refractivity contribution in [3.05, 3.63) is 35.9 Å². The number of carbonyl (C=O) groups excluding carboxylic acids is 1. The number of carbonyl (C=O) groups is 2. The van der Waals surface area contributed by atoms with Gasteiger partial charge in [0.25, 0.3) is 0 Å². The van der Waals surface area contributed by atoms with Gasteiger partial charge in [0.2, 0.25) is 0 Å². The summed E-state index contributed by atoms with van der Waals surface area (Å²) in [6.45, 7) is 0.430. The van der Waals surface area contributed by atoms with Crippen LogP contribution < -0.4 is 10.6 Å². The Morgan fingerprint density at radius 2 is 2.05 bits per heavy atom. The molecule has 20 heavy (non-hydrogen) atoms. The molecule has 2 amide bonds. The van der Waals surface area contributed by atoms with Crippen molar-refractivity contribution in [1.29, 1.82) is 0 Å². The van der Waals surface area contributed by atoms with Crippen molar-refractivity contribution in [1.82, 2.24) is 10.6 Å². The van der Waals surface area contributed by atoms with Gasteiger partial charge in [0, 0.05) is 12.3 Å². The van der Waals surface area contributed by atoms with Gasteiger partial charge in [-0.3, -0.25) is 0 Å². The molecule has 0 heterocycles. The molecule has 1 atom stereocenters. The molecule has 1 aromatic rings. The summed E-state index contributed by atoms with van der Waals surface area (Å²) in [5, 5.41) is 14.2. The van der Waals surface area contributed by atoms with Gasteiger partial charge >= 0.3 is 12.0 Å². The van der Waals surface area contributed by atoms with E-state index in [9.17, 15) is 9.59 Å². The summed E-state index contributed by atoms with van der Waals surface area (Å²) < 4.78 is 0. The van der Waals surface area contributed by atoms with E-state index in [0.717, 1.165) is 0 Å². The van der Waals surface area contributed by atoms with E-state index in [1.807, 2.05) is 0 Å². The summed E-state index contributed by atoms with van der Waals surface area (Å²) in [6.07, 6.45) is 5.10. The van der Waals surface area contributed by atoms with E-state index in [4.69, 9.17) is 11.5 Å². The highest BCUT2D eigenvalue weighted by Gasteiger charge is 2.21. The second-order valence-corrected chi connectivity index (χ2v) is 4.94. The maximum atomic E-state index is 11.6. The van der Waals surface area contributed by atoms with Crippen molar-refractivity contribution in [3.63, 3.8) is 0 Å². The minimum Gasteiger partial charge on any atom is -0.479 e. The van der Waals surface area contributed by atoms with Crippen LogP contribution in [0.3, 0.4) is 0 Å². The Hall–Kier alpha value is -2.13. The Kier molecular flexibility index (Phi) is 7.07. The van der Waals surface area contributed by atoms with Crippen LogP contribution >= 0.6 is 11.8 Å². The minimum atomic E-state index is -1.10. The van der Waals surface area contributed by atoms with E-state index in [2.05, 4.69) is 16.6 Å². The van der Waals surface area contributed by atoms with Crippen LogP contribution in [0.5, 0.6) is 0 Å². The highest BCUT2D eigenvalue weighted by atomic mass is 32.2. The van der Waals surface area contributed by atoms with Gasteiger partial charge < -0.3 is 15.7 Å². The maximum Gasteiger partial charge on any atom is 0.330 e. The van der Waals surface area contributed by atoms with Crippen molar-refractivity contribution in [2.75, 3.05) is 18.1 Å². The van der Waals surface area contributed by atoms with Crippen LogP contribution in [0.25, 0.3) is 0 Å². The molecule has 6 heteroatoms. The largest absolute Gasteiger partial charge is 0.479 e. The number of aliphatic carboxylic acids is 1. The van der Waals surface area contributed by atoms with E-state index in [1.165, 1.54) is 11.8 Å². The number of hydrogen-bond acceptors (Lipinski definition) is 3. The van der Waals surface area contributed by atoms with Crippen LogP contribution in [0.15, 0.2) is 30.3 Å². The Morgan fingerprint density at radius 3 is 2.65 bits per heavy atom. The number of carboxylic acids is 1. The summed E-state index contributed by atoms with van der Waals surface area (Å²) in [5.41, 5.74) is 0.525. The zero-order chi connectivity index (χ0) is 14.8. The maximum absolute atomic E-state index is 11.6. The molecule has 0 aromatic heterocycles. The molecule has 106 valence electrons. The van der Waals surface area contributed by atoms with Gasteiger partial charge in [-0.25, -0.2) is 9.59 Å². The van der Waals surface area contributed by atoms with Crippen LogP contribution in [0.4, 0.5) is 4.79 Å². The number of terminal acetylenes is 1. The number of urea groups is 1. The molecule has 3 N–H and O–H groups in total. The lowest BCUT2D eigenvalue weighted by Crippen LogP contribution is -2.41. The highest BCUT2D eigenvalue weighted by Crippen LogP contribution is 2.12. The average Bonchev–Trinajstić information content (AvgIpc) is 2.45. The Bertz CT molecular complexity index is 485. The summed E-state index contributed by atoms with van der Waals surface area (Å²) in [5.74, 6) is 2.65. The normalized spacial score (nSPS) is 11.2. The first kappa shape index (κ1) is 15.9. The topological polar surface area (TPSA) is 78.4 Å². The predicted octanol–water partition coefficient (Wildman–Crippen LogP) is 1.48. The lowest BCUT2D eigenvalue weighted by molar-refractivity contribution is -0.139. The van der Waals surface area contributed by atoms with Gasteiger partial charge in [-0.15, -0.1) is 18.2 Å². The smallest absolute Gasteiger partial charge is 0.330 e. The number of nitrogens with one attached hydrogen (secondary N) is 2. The fraction of sp³-hybridized carbons (Fsp3) is 0.286. The third-order valence-corrected chi connectivity index (χ3v) is 3.24. The van der Waals surface area contributed by atoms with Gasteiger partial charge in [0.1, 0.15) is 0 Å². The number of hydrogen-bond donors (Lipinski definition) is 3. The van der Waals surface area contributed by atoms with Gasteiger partial charge in [0.15, 0.2) is 6.04 Å². The lowest BCUT2D eigenvalue weighted by Gasteiger charge is -2.15. The number of benzene rings is 1. The molecule has 0 spiro atoms. The summed E-state index contributed by atoms with van der Waals surface area (Å²) >= 11 is 1.52. The van der Waals surface area contributed by atoms with Gasteiger partial charge in [-0.2, -0.15) is 0 Å². The van der Waals surface area contributed by atoms with Crippen molar-refractivity contribution < 1.29 is 14.7 Å². The highest BCUT2D eigenvalue weighted by molar-refractivity contribution is 7.99. The summed E-state index contributed by atoms with van der Waals surface area (Å²) in [7, 11) is 0. The molecule has 0 bridgehead atoms. The molecule has 1 rings (SSSR count). The molecule has 1 aromatic carbocycles. The van der Waals surface area contributed by atoms with Gasteiger partial charge in [-0.05, 0) is 5.56 Å². The first-order valence-electron chi connectivity index (χ1n) is 5.98. The molecule has 0 aliphatic heterocycles. The Morgan fingerprint density at radius 1 is 1.35 bits per heavy atom. The molecule has 1 unspecified atom stereocenters. The third-order valence-electron chi connectivity index (χ3n) is 2.37. The second-order valence-electron chi connectivity index (χ2n) is 3.84. The third kappa shape index (κ3) is 5.67. The Balaban J connectivity index is 2.45. The molecule has 0 aliphatic rings. The Labute approximate surface area is 122 Å². The molecule has 0 fully saturated rings. The van der Waals surface area contributed by atoms with E-state index in [0.29, 0.717) is 23.6 Å². The number of amides is 2. The zero-order valence-electron chi connectivity index (χ0n) is 10.8. The quantitative estimate of drug-likeness (QED) is 0.525. The standard InChI is InChI=1S/C14H16N2O3S/c1-2-9-20-10-8-15-14(19)16-12(13(17)18)11-6-4-3-5-7-11/h1,3-7,12H,8-10H2,(H,17,18)(H2,15,16,19). The lowest BCUT2D eigenvalue weighted by atomic mass is 10.1. The van der Waals surface area contributed by atoms with Crippen LogP contribution in [0.1, 0.15) is 11.6 Å². The van der Waals surface area contributed by atoms with E-state index in [1.54, 1.807) is 30.3 Å². The first-order valence-corrected chi connectivity index (χ1v) is 7.14. The van der Waals surface area contributed by atoms with E-state index >= 15 is 0 Å². The van der Waals surface area contributed by atoms with E-state index in [-0.39, 0.29) is 0 Å². The van der Waals surface area contributed by atoms with Crippen molar-refractivity contribution in [3.8, 4) is 12.3 Å². The molecule has 5 nitrogen and oxygen atoms in total. The number of carboxylic acid groups (broad SMARTS) is 1. The van der Waals surface area contributed by atoms with Crippen molar-refractivity contribution >= 4 is 23.8 Å². The molecule has 0 saturated carbocycles. The SMILES string of the molecule is C#CCSCCNC(=O)NC(C(=O)O)c1ccccc1. The summed E-state index contributed by atoms with van der Waals surface area (Å²) in [4.78, 5) is 22.8. The zero-order valence-corrected chi connectivity index (χ0v) is 11.7. The monoisotopic (exact) mass is 292 g/mol. The van der Waals surface area contributed by atoms with Crippen molar-refractivity contribution in [2.24, 2.45) is 0 Å². The van der Waals surface area contributed by atoms with E-state index < -0.39 is 18.0 Å². The molecule has 0 aliphatic carbocycles. The van der Waals surface area contributed by atoms with Gasteiger partial charge in [-0.1, -0.05) is 36.3 Å². The van der Waals surface area contributed by atoms with Crippen LogP contribution in [0.2, 0.25) is 0 Å². The second kappa shape index (κ2) is 8.88.